The zero-order valence-corrected chi connectivity index (χ0v) is 14.9. The number of benzene rings is 2. The predicted molar refractivity (Wildman–Crippen MR) is 96.4 cm³/mol. The third kappa shape index (κ3) is 4.63. The molecule has 1 amide bonds. The van der Waals surface area contributed by atoms with Gasteiger partial charge in [-0.2, -0.15) is 0 Å². The van der Waals surface area contributed by atoms with E-state index in [0.29, 0.717) is 16.5 Å². The largest absolute Gasteiger partial charge is 0.478 e. The second kappa shape index (κ2) is 7.88. The number of nitrogens with one attached hydrogen (secondary N) is 1. The van der Waals surface area contributed by atoms with Gasteiger partial charge in [-0.1, -0.05) is 47.8 Å². The van der Waals surface area contributed by atoms with Crippen molar-refractivity contribution in [2.75, 3.05) is 5.32 Å². The van der Waals surface area contributed by atoms with Crippen molar-refractivity contribution in [1.29, 1.82) is 0 Å². The minimum Gasteiger partial charge on any atom is -0.478 e. The molecule has 2 aromatic rings. The Balaban J connectivity index is 2.11. The summed E-state index contributed by atoms with van der Waals surface area (Å²) in [5.41, 5.74) is 1.01. The summed E-state index contributed by atoms with van der Waals surface area (Å²) in [5, 5.41) is 13.0. The van der Waals surface area contributed by atoms with E-state index in [4.69, 9.17) is 34.8 Å². The Kier molecular flexibility index (Phi) is 6.10. The van der Waals surface area contributed by atoms with Crippen LogP contribution in [0.3, 0.4) is 0 Å². The minimum atomic E-state index is -1.16. The van der Waals surface area contributed by atoms with Crippen LogP contribution in [0.15, 0.2) is 36.4 Å². The third-order valence-electron chi connectivity index (χ3n) is 3.44. The van der Waals surface area contributed by atoms with E-state index in [2.05, 4.69) is 5.32 Å². The molecule has 0 radical (unpaired) electrons. The quantitative estimate of drug-likeness (QED) is 0.745. The molecule has 0 spiro atoms. The van der Waals surface area contributed by atoms with Gasteiger partial charge in [0.25, 0.3) is 0 Å². The van der Waals surface area contributed by atoms with Crippen molar-refractivity contribution in [3.8, 4) is 0 Å². The summed E-state index contributed by atoms with van der Waals surface area (Å²) in [6, 6.07) is 9.46. The van der Waals surface area contributed by atoms with Crippen molar-refractivity contribution in [2.24, 2.45) is 5.92 Å². The van der Waals surface area contributed by atoms with Gasteiger partial charge >= 0.3 is 5.97 Å². The van der Waals surface area contributed by atoms with Gasteiger partial charge in [-0.05, 0) is 42.3 Å². The fourth-order valence-electron chi connectivity index (χ4n) is 2.17. The van der Waals surface area contributed by atoms with Crippen molar-refractivity contribution >= 4 is 52.4 Å². The van der Waals surface area contributed by atoms with Crippen LogP contribution in [0.4, 0.5) is 5.69 Å². The van der Waals surface area contributed by atoms with Crippen LogP contribution in [-0.4, -0.2) is 17.0 Å². The molecule has 24 heavy (non-hydrogen) atoms. The lowest BCUT2D eigenvalue weighted by Gasteiger charge is -2.14. The van der Waals surface area contributed by atoms with E-state index in [-0.39, 0.29) is 28.1 Å². The molecule has 126 valence electrons. The lowest BCUT2D eigenvalue weighted by atomic mass is 10.00. The van der Waals surface area contributed by atoms with Crippen molar-refractivity contribution < 1.29 is 14.7 Å². The standard InChI is InChI=1S/C17H14Cl3NO3/c1-9(6-10-2-4-13(19)14(20)7-10)16(22)21-15-5-3-11(18)8-12(15)17(23)24/h2-5,7-9H,6H2,1H3,(H,21,22)(H,23,24). The van der Waals surface area contributed by atoms with Crippen LogP contribution in [0.1, 0.15) is 22.8 Å². The lowest BCUT2D eigenvalue weighted by molar-refractivity contribution is -0.119. The van der Waals surface area contributed by atoms with Crippen LogP contribution in [-0.2, 0) is 11.2 Å². The molecule has 7 heteroatoms. The molecule has 0 aliphatic rings. The van der Waals surface area contributed by atoms with Crippen LogP contribution in [0.2, 0.25) is 15.1 Å². The minimum absolute atomic E-state index is 0.0578. The summed E-state index contributed by atoms with van der Waals surface area (Å²) in [7, 11) is 0. The number of carbonyl (C=O) groups is 2. The summed E-state index contributed by atoms with van der Waals surface area (Å²) >= 11 is 17.6. The second-order valence-corrected chi connectivity index (χ2v) is 6.59. The Morgan fingerprint density at radius 1 is 1.08 bits per heavy atom. The fraction of sp³-hybridized carbons (Fsp3) is 0.176. The van der Waals surface area contributed by atoms with E-state index in [1.165, 1.54) is 18.2 Å². The van der Waals surface area contributed by atoms with Crippen molar-refractivity contribution in [1.82, 2.24) is 0 Å². The first kappa shape index (κ1) is 18.6. The van der Waals surface area contributed by atoms with Gasteiger partial charge in [0.15, 0.2) is 0 Å². The molecule has 0 fully saturated rings. The van der Waals surface area contributed by atoms with Gasteiger partial charge in [0.2, 0.25) is 5.91 Å². The summed E-state index contributed by atoms with van der Waals surface area (Å²) in [6.07, 6.45) is 0.443. The zero-order valence-electron chi connectivity index (χ0n) is 12.6. The number of carboxylic acid groups (broad SMARTS) is 1. The number of amides is 1. The number of hydrogen-bond acceptors (Lipinski definition) is 2. The highest BCUT2D eigenvalue weighted by atomic mass is 35.5. The maximum atomic E-state index is 12.3. The molecule has 0 bridgehead atoms. The van der Waals surface area contributed by atoms with Crippen LogP contribution >= 0.6 is 34.8 Å². The van der Waals surface area contributed by atoms with Gasteiger partial charge in [0, 0.05) is 10.9 Å². The Morgan fingerprint density at radius 3 is 2.42 bits per heavy atom. The number of rotatable bonds is 5. The average molecular weight is 387 g/mol. The maximum absolute atomic E-state index is 12.3. The molecule has 0 aromatic heterocycles. The fourth-order valence-corrected chi connectivity index (χ4v) is 2.66. The van der Waals surface area contributed by atoms with Gasteiger partial charge in [0.1, 0.15) is 0 Å². The number of aromatic carboxylic acids is 1. The first-order valence-corrected chi connectivity index (χ1v) is 8.19. The van der Waals surface area contributed by atoms with Gasteiger partial charge < -0.3 is 10.4 Å². The molecule has 4 nitrogen and oxygen atoms in total. The van der Waals surface area contributed by atoms with E-state index in [1.807, 2.05) is 0 Å². The Labute approximate surface area is 154 Å². The Bertz CT molecular complexity index is 793. The van der Waals surface area contributed by atoms with Gasteiger partial charge in [-0.3, -0.25) is 4.79 Å². The molecule has 1 unspecified atom stereocenters. The molecule has 2 N–H and O–H groups in total. The average Bonchev–Trinajstić information content (AvgIpc) is 2.52. The van der Waals surface area contributed by atoms with Gasteiger partial charge in [0.05, 0.1) is 21.3 Å². The number of carbonyl (C=O) groups excluding carboxylic acids is 1. The SMILES string of the molecule is CC(Cc1ccc(Cl)c(Cl)c1)C(=O)Nc1ccc(Cl)cc1C(=O)O. The summed E-state index contributed by atoms with van der Waals surface area (Å²) in [6.45, 7) is 1.74. The molecule has 2 rings (SSSR count). The van der Waals surface area contributed by atoms with Crippen LogP contribution < -0.4 is 5.32 Å². The zero-order chi connectivity index (χ0) is 17.9. The maximum Gasteiger partial charge on any atom is 0.337 e. The first-order valence-electron chi connectivity index (χ1n) is 7.05. The van der Waals surface area contributed by atoms with E-state index in [9.17, 15) is 14.7 Å². The summed E-state index contributed by atoms with van der Waals surface area (Å²) in [4.78, 5) is 23.6. The summed E-state index contributed by atoms with van der Waals surface area (Å²) < 4.78 is 0. The molecule has 1 atom stereocenters. The van der Waals surface area contributed by atoms with Crippen LogP contribution in [0, 0.1) is 5.92 Å². The second-order valence-electron chi connectivity index (χ2n) is 5.34. The predicted octanol–water partition coefficient (Wildman–Crippen LogP) is 5.16. The Hall–Kier alpha value is -1.75. The van der Waals surface area contributed by atoms with Crippen molar-refractivity contribution in [3.63, 3.8) is 0 Å². The molecule has 0 saturated carbocycles. The van der Waals surface area contributed by atoms with Crippen LogP contribution in [0.25, 0.3) is 0 Å². The molecule has 0 heterocycles. The van der Waals surface area contributed by atoms with Gasteiger partial charge in [-0.25, -0.2) is 4.79 Å². The van der Waals surface area contributed by atoms with Gasteiger partial charge in [-0.15, -0.1) is 0 Å². The highest BCUT2D eigenvalue weighted by Gasteiger charge is 2.18. The number of hydrogen-bond donors (Lipinski definition) is 2. The van der Waals surface area contributed by atoms with Crippen molar-refractivity contribution in [3.05, 3.63) is 62.6 Å². The molecular formula is C17H14Cl3NO3. The van der Waals surface area contributed by atoms with E-state index in [1.54, 1.807) is 25.1 Å². The molecule has 0 saturated heterocycles. The highest BCUT2D eigenvalue weighted by molar-refractivity contribution is 6.42. The van der Waals surface area contributed by atoms with E-state index < -0.39 is 5.97 Å². The molecule has 0 aliphatic heterocycles. The summed E-state index contributed by atoms with van der Waals surface area (Å²) in [5.74, 6) is -1.85. The Morgan fingerprint density at radius 2 is 1.79 bits per heavy atom. The molecule has 0 aliphatic carbocycles. The van der Waals surface area contributed by atoms with E-state index in [0.717, 1.165) is 5.56 Å². The first-order chi connectivity index (χ1) is 11.3. The molecular weight excluding hydrogens is 373 g/mol. The smallest absolute Gasteiger partial charge is 0.337 e. The third-order valence-corrected chi connectivity index (χ3v) is 4.42. The van der Waals surface area contributed by atoms with Crippen LogP contribution in [0.5, 0.6) is 0 Å². The topological polar surface area (TPSA) is 66.4 Å². The highest BCUT2D eigenvalue weighted by Crippen LogP contribution is 2.25. The number of halogens is 3. The monoisotopic (exact) mass is 385 g/mol. The van der Waals surface area contributed by atoms with Crippen molar-refractivity contribution in [2.45, 2.75) is 13.3 Å². The number of anilines is 1. The molecule has 2 aromatic carbocycles. The van der Waals surface area contributed by atoms with E-state index >= 15 is 0 Å². The number of carboxylic acids is 1. The lowest BCUT2D eigenvalue weighted by Crippen LogP contribution is -2.23. The normalized spacial score (nSPS) is 11.8.